The van der Waals surface area contributed by atoms with Gasteiger partial charge < -0.3 is 14.9 Å². The van der Waals surface area contributed by atoms with Gasteiger partial charge in [-0.3, -0.25) is 0 Å². The van der Waals surface area contributed by atoms with Gasteiger partial charge in [-0.05, 0) is 25.5 Å². The quantitative estimate of drug-likeness (QED) is 0.840. The first-order valence-electron chi connectivity index (χ1n) is 6.64. The minimum absolute atomic E-state index is 0.0179. The van der Waals surface area contributed by atoms with E-state index >= 15 is 0 Å². The molecule has 0 amide bonds. The van der Waals surface area contributed by atoms with Gasteiger partial charge in [0.1, 0.15) is 0 Å². The molecule has 1 aliphatic rings. The summed E-state index contributed by atoms with van der Waals surface area (Å²) in [6.07, 6.45) is 0.310. The largest absolute Gasteiger partial charge is 0.392 e. The number of rotatable bonds is 4. The lowest BCUT2D eigenvalue weighted by atomic mass is 10.2. The number of aliphatic hydroxyl groups is 1. The highest BCUT2D eigenvalue weighted by molar-refractivity contribution is 7.98. The predicted molar refractivity (Wildman–Crippen MR) is 76.4 cm³/mol. The zero-order valence-corrected chi connectivity index (χ0v) is 12.1. The van der Waals surface area contributed by atoms with Crippen molar-refractivity contribution < 1.29 is 9.63 Å². The summed E-state index contributed by atoms with van der Waals surface area (Å²) in [5.41, 5.74) is 1.25. The van der Waals surface area contributed by atoms with Crippen LogP contribution in [0.1, 0.15) is 29.7 Å². The number of aryl methyl sites for hydroxylation is 1. The molecule has 3 rings (SSSR count). The summed E-state index contributed by atoms with van der Waals surface area (Å²) in [6, 6.07) is 8.35. The Balaban J connectivity index is 1.58. The van der Waals surface area contributed by atoms with Crippen LogP contribution in [0.15, 0.2) is 33.7 Å². The second-order valence-corrected chi connectivity index (χ2v) is 6.05. The Hall–Kier alpha value is -1.37. The van der Waals surface area contributed by atoms with Crippen LogP contribution < -0.4 is 5.32 Å². The minimum atomic E-state index is -0.322. The van der Waals surface area contributed by atoms with Crippen LogP contribution in [0.2, 0.25) is 0 Å². The molecule has 0 saturated carbocycles. The summed E-state index contributed by atoms with van der Waals surface area (Å²) < 4.78 is 5.26. The molecule has 5 nitrogen and oxygen atoms in total. The molecule has 6 heteroatoms. The molecule has 2 aromatic rings. The number of aliphatic hydroxyl groups excluding tert-OH is 1. The van der Waals surface area contributed by atoms with Gasteiger partial charge in [-0.2, -0.15) is 4.98 Å². The molecular weight excluding hydrogens is 274 g/mol. The van der Waals surface area contributed by atoms with E-state index < -0.39 is 0 Å². The number of thioether (sulfide) groups is 1. The molecule has 2 unspecified atom stereocenters. The third-order valence-corrected chi connectivity index (χ3v) is 4.29. The number of hydrogen-bond acceptors (Lipinski definition) is 6. The Bertz CT molecular complexity index is 570. The monoisotopic (exact) mass is 291 g/mol. The number of nitrogens with zero attached hydrogens (tertiary/aromatic N) is 2. The van der Waals surface area contributed by atoms with Crippen molar-refractivity contribution in [2.24, 2.45) is 0 Å². The molecule has 1 saturated heterocycles. The molecule has 0 spiro atoms. The molecule has 0 radical (unpaired) electrons. The maximum absolute atomic E-state index is 9.49. The van der Waals surface area contributed by atoms with Gasteiger partial charge in [-0.15, -0.1) is 11.8 Å². The number of hydrogen-bond donors (Lipinski definition) is 2. The number of nitrogens with one attached hydrogen (secondary N) is 1. The van der Waals surface area contributed by atoms with Crippen molar-refractivity contribution in [3.05, 3.63) is 41.5 Å². The van der Waals surface area contributed by atoms with E-state index in [1.165, 1.54) is 10.5 Å². The van der Waals surface area contributed by atoms with E-state index in [9.17, 15) is 5.11 Å². The van der Waals surface area contributed by atoms with Gasteiger partial charge >= 0.3 is 0 Å². The van der Waals surface area contributed by atoms with Gasteiger partial charge in [0.05, 0.1) is 17.9 Å². The summed E-state index contributed by atoms with van der Waals surface area (Å²) in [6.45, 7) is 2.66. The van der Waals surface area contributed by atoms with E-state index in [2.05, 4.69) is 46.6 Å². The van der Waals surface area contributed by atoms with Crippen LogP contribution in [0.5, 0.6) is 0 Å². The lowest BCUT2D eigenvalue weighted by molar-refractivity contribution is 0.191. The Morgan fingerprint density at radius 1 is 1.40 bits per heavy atom. The summed E-state index contributed by atoms with van der Waals surface area (Å²) >= 11 is 1.68. The van der Waals surface area contributed by atoms with Crippen LogP contribution in [-0.4, -0.2) is 27.9 Å². The molecule has 106 valence electrons. The normalized spacial score (nSPS) is 22.3. The summed E-state index contributed by atoms with van der Waals surface area (Å²) in [4.78, 5) is 5.58. The Labute approximate surface area is 121 Å². The fraction of sp³-hybridized carbons (Fsp3) is 0.429. The number of aromatic nitrogens is 2. The Morgan fingerprint density at radius 3 is 2.90 bits per heavy atom. The zero-order valence-electron chi connectivity index (χ0n) is 11.2. The highest BCUT2D eigenvalue weighted by Gasteiger charge is 2.27. The Morgan fingerprint density at radius 2 is 2.20 bits per heavy atom. The maximum Gasteiger partial charge on any atom is 0.243 e. The van der Waals surface area contributed by atoms with Crippen LogP contribution in [-0.2, 0) is 5.75 Å². The first-order chi connectivity index (χ1) is 9.70. The molecule has 0 aliphatic carbocycles. The molecule has 2 atom stereocenters. The van der Waals surface area contributed by atoms with Crippen molar-refractivity contribution in [2.75, 3.05) is 6.54 Å². The number of benzene rings is 1. The van der Waals surface area contributed by atoms with E-state index in [1.54, 1.807) is 11.8 Å². The topological polar surface area (TPSA) is 71.2 Å². The van der Waals surface area contributed by atoms with Crippen molar-refractivity contribution in [2.45, 2.75) is 36.1 Å². The summed E-state index contributed by atoms with van der Waals surface area (Å²) in [5.74, 6) is 1.94. The van der Waals surface area contributed by atoms with E-state index in [0.29, 0.717) is 30.4 Å². The lowest BCUT2D eigenvalue weighted by Gasteiger charge is -2.01. The highest BCUT2D eigenvalue weighted by atomic mass is 32.2. The first kappa shape index (κ1) is 13.6. The van der Waals surface area contributed by atoms with Gasteiger partial charge in [0.25, 0.3) is 0 Å². The van der Waals surface area contributed by atoms with Gasteiger partial charge in [-0.25, -0.2) is 0 Å². The van der Waals surface area contributed by atoms with Crippen LogP contribution in [0, 0.1) is 6.92 Å². The second kappa shape index (κ2) is 5.95. The third-order valence-electron chi connectivity index (χ3n) is 3.28. The average molecular weight is 291 g/mol. The third kappa shape index (κ3) is 3.20. The molecular formula is C14H17N3O2S. The predicted octanol–water partition coefficient (Wildman–Crippen LogP) is 2.07. The summed E-state index contributed by atoms with van der Waals surface area (Å²) in [5, 5.41) is 16.6. The molecule has 20 heavy (non-hydrogen) atoms. The molecule has 1 aromatic heterocycles. The zero-order chi connectivity index (χ0) is 13.9. The fourth-order valence-corrected chi connectivity index (χ4v) is 2.90. The smallest absolute Gasteiger partial charge is 0.243 e. The molecule has 1 fully saturated rings. The lowest BCUT2D eigenvalue weighted by Crippen LogP contribution is -2.15. The molecule has 1 aliphatic heterocycles. The van der Waals surface area contributed by atoms with E-state index in [-0.39, 0.29) is 12.1 Å². The first-order valence-corrected chi connectivity index (χ1v) is 7.62. The van der Waals surface area contributed by atoms with Crippen molar-refractivity contribution in [3.63, 3.8) is 0 Å². The van der Waals surface area contributed by atoms with Crippen LogP contribution in [0.3, 0.4) is 0 Å². The van der Waals surface area contributed by atoms with Crippen molar-refractivity contribution in [3.8, 4) is 0 Å². The second-order valence-electron chi connectivity index (χ2n) is 5.00. The van der Waals surface area contributed by atoms with Crippen molar-refractivity contribution in [1.82, 2.24) is 15.5 Å². The molecule has 0 bridgehead atoms. The highest BCUT2D eigenvalue weighted by Crippen LogP contribution is 2.25. The average Bonchev–Trinajstić information content (AvgIpc) is 3.07. The van der Waals surface area contributed by atoms with Gasteiger partial charge in [-0.1, -0.05) is 22.9 Å². The SMILES string of the molecule is Cc1ccc(SCc2noc(C3CC(O)CN3)n2)cc1. The van der Waals surface area contributed by atoms with Crippen molar-refractivity contribution >= 4 is 11.8 Å². The minimum Gasteiger partial charge on any atom is -0.392 e. The van der Waals surface area contributed by atoms with E-state index in [1.807, 2.05) is 0 Å². The Kier molecular flexibility index (Phi) is 4.05. The van der Waals surface area contributed by atoms with Gasteiger partial charge in [0.15, 0.2) is 5.82 Å². The van der Waals surface area contributed by atoms with Gasteiger partial charge in [0, 0.05) is 11.4 Å². The molecule has 2 heterocycles. The number of β-amino-alcohol motifs (C(OH)–C–C–N with tert-alkyl or cyclic N) is 1. The van der Waals surface area contributed by atoms with Crippen LogP contribution in [0.25, 0.3) is 0 Å². The maximum atomic E-state index is 9.49. The molecule has 2 N–H and O–H groups in total. The van der Waals surface area contributed by atoms with Gasteiger partial charge in [0.2, 0.25) is 5.89 Å². The fourth-order valence-electron chi connectivity index (χ4n) is 2.16. The summed E-state index contributed by atoms with van der Waals surface area (Å²) in [7, 11) is 0. The molecule has 1 aromatic carbocycles. The standard InChI is InChI=1S/C14H17N3O2S/c1-9-2-4-11(5-3-9)20-8-13-16-14(19-17-13)12-6-10(18)7-15-12/h2-5,10,12,15,18H,6-8H2,1H3. The van der Waals surface area contributed by atoms with Crippen LogP contribution in [0.4, 0.5) is 0 Å². The van der Waals surface area contributed by atoms with Crippen LogP contribution >= 0.6 is 11.8 Å². The van der Waals surface area contributed by atoms with E-state index in [0.717, 1.165) is 0 Å². The van der Waals surface area contributed by atoms with E-state index in [4.69, 9.17) is 4.52 Å². The van der Waals surface area contributed by atoms with Crippen molar-refractivity contribution in [1.29, 1.82) is 0 Å².